The molecule has 1 atom stereocenters. The molecule has 0 amide bonds. The van der Waals surface area contributed by atoms with Crippen molar-refractivity contribution in [2.24, 2.45) is 5.92 Å². The quantitative estimate of drug-likeness (QED) is 0.516. The number of rotatable bonds is 5. The minimum atomic E-state index is -1.25. The van der Waals surface area contributed by atoms with Crippen molar-refractivity contribution in [1.29, 1.82) is 0 Å². The van der Waals surface area contributed by atoms with Gasteiger partial charge < -0.3 is 23.7 Å². The highest BCUT2D eigenvalue weighted by Gasteiger charge is 2.47. The lowest BCUT2D eigenvalue weighted by Crippen LogP contribution is -2.46. The number of carbonyl (C=O) groups excluding carboxylic acids is 1. The predicted octanol–water partition coefficient (Wildman–Crippen LogP) is 0.865. The smallest absolute Gasteiger partial charge is 0.244 e. The standard InChI is InChI=1S/C11H16O5/c1-13-9-6-5-8(7-12)11(15-3,16-4)10(9)14-2/h5-8H,1-4H3. The maximum absolute atomic E-state index is 11.0. The molecule has 0 aromatic carbocycles. The second kappa shape index (κ2) is 5.14. The van der Waals surface area contributed by atoms with Gasteiger partial charge in [-0.05, 0) is 6.08 Å². The Hall–Kier alpha value is -1.33. The molecule has 0 saturated carbocycles. The Bertz CT molecular complexity index is 314. The van der Waals surface area contributed by atoms with Crippen LogP contribution in [0.3, 0.4) is 0 Å². The van der Waals surface area contributed by atoms with Crippen molar-refractivity contribution in [1.82, 2.24) is 0 Å². The molecule has 0 N–H and O–H groups in total. The lowest BCUT2D eigenvalue weighted by atomic mass is 9.92. The van der Waals surface area contributed by atoms with Crippen LogP contribution in [-0.4, -0.2) is 40.5 Å². The van der Waals surface area contributed by atoms with Crippen LogP contribution in [0.4, 0.5) is 0 Å². The van der Waals surface area contributed by atoms with Crippen molar-refractivity contribution in [2.45, 2.75) is 5.79 Å². The number of aldehydes is 1. The molecule has 1 aliphatic rings. The van der Waals surface area contributed by atoms with E-state index in [2.05, 4.69) is 0 Å². The average molecular weight is 228 g/mol. The van der Waals surface area contributed by atoms with Crippen LogP contribution in [0.25, 0.3) is 0 Å². The van der Waals surface area contributed by atoms with E-state index < -0.39 is 11.7 Å². The van der Waals surface area contributed by atoms with E-state index in [0.717, 1.165) is 6.29 Å². The molecule has 1 rings (SSSR count). The van der Waals surface area contributed by atoms with Gasteiger partial charge in [0.2, 0.25) is 5.79 Å². The van der Waals surface area contributed by atoms with E-state index in [-0.39, 0.29) is 0 Å². The normalized spacial score (nSPS) is 23.1. The zero-order chi connectivity index (χ0) is 12.2. The van der Waals surface area contributed by atoms with E-state index >= 15 is 0 Å². The maximum atomic E-state index is 11.0. The van der Waals surface area contributed by atoms with Gasteiger partial charge in [0.15, 0.2) is 11.5 Å². The van der Waals surface area contributed by atoms with Gasteiger partial charge in [0.25, 0.3) is 0 Å². The molecule has 0 spiro atoms. The van der Waals surface area contributed by atoms with Crippen LogP contribution < -0.4 is 0 Å². The Balaban J connectivity index is 3.29. The number of ether oxygens (including phenoxy) is 4. The van der Waals surface area contributed by atoms with Crippen LogP contribution in [0.5, 0.6) is 0 Å². The Morgan fingerprint density at radius 3 is 2.19 bits per heavy atom. The molecule has 0 fully saturated rings. The van der Waals surface area contributed by atoms with E-state index in [0.29, 0.717) is 11.5 Å². The molecule has 0 aromatic heterocycles. The van der Waals surface area contributed by atoms with Crippen molar-refractivity contribution in [3.8, 4) is 0 Å². The summed E-state index contributed by atoms with van der Waals surface area (Å²) in [4.78, 5) is 11.0. The summed E-state index contributed by atoms with van der Waals surface area (Å²) in [7, 11) is 5.88. The van der Waals surface area contributed by atoms with Gasteiger partial charge in [0, 0.05) is 14.2 Å². The van der Waals surface area contributed by atoms with E-state index in [1.807, 2.05) is 0 Å². The molecule has 0 aromatic rings. The fraction of sp³-hybridized carbons (Fsp3) is 0.545. The Morgan fingerprint density at radius 2 is 1.81 bits per heavy atom. The molecule has 0 bridgehead atoms. The van der Waals surface area contributed by atoms with Crippen LogP contribution in [0.2, 0.25) is 0 Å². The summed E-state index contributed by atoms with van der Waals surface area (Å²) in [5, 5.41) is 0. The third-order valence-corrected chi connectivity index (χ3v) is 2.61. The first kappa shape index (κ1) is 12.7. The first-order valence-electron chi connectivity index (χ1n) is 4.76. The Kier molecular flexibility index (Phi) is 4.09. The van der Waals surface area contributed by atoms with Crippen LogP contribution in [-0.2, 0) is 23.7 Å². The van der Waals surface area contributed by atoms with Crippen molar-refractivity contribution in [3.63, 3.8) is 0 Å². The third-order valence-electron chi connectivity index (χ3n) is 2.61. The molecular formula is C11H16O5. The lowest BCUT2D eigenvalue weighted by molar-refractivity contribution is -0.221. The molecular weight excluding hydrogens is 212 g/mol. The van der Waals surface area contributed by atoms with Gasteiger partial charge in [0.1, 0.15) is 6.29 Å². The first-order valence-corrected chi connectivity index (χ1v) is 4.76. The number of carbonyl (C=O) groups is 1. The van der Waals surface area contributed by atoms with Crippen molar-refractivity contribution in [2.75, 3.05) is 28.4 Å². The van der Waals surface area contributed by atoms with Gasteiger partial charge in [-0.3, -0.25) is 0 Å². The molecule has 0 aliphatic heterocycles. The van der Waals surface area contributed by atoms with Gasteiger partial charge >= 0.3 is 0 Å². The molecule has 1 unspecified atom stereocenters. The summed E-state index contributed by atoms with van der Waals surface area (Å²) in [6.07, 6.45) is 4.06. The summed E-state index contributed by atoms with van der Waals surface area (Å²) in [5.74, 6) is -1.00. The van der Waals surface area contributed by atoms with E-state index in [4.69, 9.17) is 18.9 Å². The Labute approximate surface area is 94.6 Å². The molecule has 0 radical (unpaired) electrons. The molecule has 0 heterocycles. The molecule has 90 valence electrons. The SMILES string of the molecule is COC1=C(OC)C(OC)(OC)C(C=O)C=C1. The van der Waals surface area contributed by atoms with Crippen LogP contribution in [0, 0.1) is 5.92 Å². The number of allylic oxidation sites excluding steroid dienone is 1. The first-order chi connectivity index (χ1) is 7.69. The van der Waals surface area contributed by atoms with Gasteiger partial charge in [-0.25, -0.2) is 0 Å². The molecule has 5 nitrogen and oxygen atoms in total. The number of hydrogen-bond acceptors (Lipinski definition) is 5. The largest absolute Gasteiger partial charge is 0.493 e. The van der Waals surface area contributed by atoms with Crippen LogP contribution >= 0.6 is 0 Å². The lowest BCUT2D eigenvalue weighted by Gasteiger charge is -2.37. The summed E-state index contributed by atoms with van der Waals surface area (Å²) < 4.78 is 21.0. The average Bonchev–Trinajstić information content (AvgIpc) is 2.36. The molecule has 1 aliphatic carbocycles. The van der Waals surface area contributed by atoms with Crippen molar-refractivity contribution < 1.29 is 23.7 Å². The summed E-state index contributed by atoms with van der Waals surface area (Å²) in [6, 6.07) is 0. The Morgan fingerprint density at radius 1 is 1.19 bits per heavy atom. The molecule has 5 heteroatoms. The fourth-order valence-corrected chi connectivity index (χ4v) is 1.80. The second-order valence-electron chi connectivity index (χ2n) is 3.20. The third kappa shape index (κ3) is 1.72. The van der Waals surface area contributed by atoms with E-state index in [1.54, 1.807) is 12.2 Å². The zero-order valence-corrected chi connectivity index (χ0v) is 9.85. The van der Waals surface area contributed by atoms with Gasteiger partial charge in [0.05, 0.1) is 20.1 Å². The highest BCUT2D eigenvalue weighted by atomic mass is 16.7. The van der Waals surface area contributed by atoms with E-state index in [1.165, 1.54) is 28.4 Å². The number of hydrogen-bond donors (Lipinski definition) is 0. The van der Waals surface area contributed by atoms with E-state index in [9.17, 15) is 4.79 Å². The summed E-state index contributed by atoms with van der Waals surface area (Å²) >= 11 is 0. The molecule has 0 saturated heterocycles. The van der Waals surface area contributed by atoms with Crippen LogP contribution in [0.1, 0.15) is 0 Å². The monoisotopic (exact) mass is 228 g/mol. The van der Waals surface area contributed by atoms with Gasteiger partial charge in [-0.1, -0.05) is 6.08 Å². The van der Waals surface area contributed by atoms with Crippen molar-refractivity contribution in [3.05, 3.63) is 23.7 Å². The van der Waals surface area contributed by atoms with Crippen molar-refractivity contribution >= 4 is 6.29 Å². The number of methoxy groups -OCH3 is 4. The highest BCUT2D eigenvalue weighted by Crippen LogP contribution is 2.37. The minimum Gasteiger partial charge on any atom is -0.493 e. The maximum Gasteiger partial charge on any atom is 0.244 e. The topological polar surface area (TPSA) is 54.0 Å². The second-order valence-corrected chi connectivity index (χ2v) is 3.20. The fourth-order valence-electron chi connectivity index (χ4n) is 1.80. The minimum absolute atomic E-state index is 0.347. The predicted molar refractivity (Wildman–Crippen MR) is 56.5 cm³/mol. The zero-order valence-electron chi connectivity index (χ0n) is 9.85. The van der Waals surface area contributed by atoms with Gasteiger partial charge in [-0.15, -0.1) is 0 Å². The van der Waals surface area contributed by atoms with Crippen LogP contribution in [0.15, 0.2) is 23.7 Å². The summed E-state index contributed by atoms with van der Waals surface area (Å²) in [6.45, 7) is 0. The summed E-state index contributed by atoms with van der Waals surface area (Å²) in [5.41, 5.74) is 0. The van der Waals surface area contributed by atoms with Gasteiger partial charge in [-0.2, -0.15) is 0 Å². The molecule has 16 heavy (non-hydrogen) atoms. The highest BCUT2D eigenvalue weighted by molar-refractivity contribution is 5.61.